The van der Waals surface area contributed by atoms with E-state index < -0.39 is 6.36 Å². The van der Waals surface area contributed by atoms with E-state index in [1.165, 1.54) is 36.4 Å². The average molecular weight is 446 g/mol. The van der Waals surface area contributed by atoms with Gasteiger partial charge >= 0.3 is 6.36 Å². The van der Waals surface area contributed by atoms with Crippen molar-refractivity contribution >= 4 is 0 Å². The second-order valence-corrected chi connectivity index (χ2v) is 7.05. The van der Waals surface area contributed by atoms with Gasteiger partial charge in [0, 0.05) is 5.56 Å². The predicted octanol–water partition coefficient (Wildman–Crippen LogP) is 4.91. The van der Waals surface area contributed by atoms with Crippen molar-refractivity contribution in [2.75, 3.05) is 0 Å². The molecule has 0 bridgehead atoms. The molecule has 0 amide bonds. The molecule has 1 aliphatic rings. The van der Waals surface area contributed by atoms with Gasteiger partial charge in [-0.1, -0.05) is 17.3 Å². The van der Waals surface area contributed by atoms with Crippen molar-refractivity contribution in [2.45, 2.75) is 25.6 Å². The standard InChI is InChI=1S/C21H14F4N4O3/c22-14-5-1-12(2-6-14)18-10-29-15(11-30-18)9-17(27-29)20-26-19(28-32-20)13-3-7-16(8-4-13)31-21(23,24)25/h1-9,18H,10-11H2/t18-/m0/s1. The molecule has 4 aromatic rings. The summed E-state index contributed by atoms with van der Waals surface area (Å²) < 4.78 is 66.8. The van der Waals surface area contributed by atoms with Crippen LogP contribution in [0.2, 0.25) is 0 Å². The van der Waals surface area contributed by atoms with Gasteiger partial charge in [-0.05, 0) is 48.0 Å². The molecule has 5 rings (SSSR count). The van der Waals surface area contributed by atoms with Gasteiger partial charge in [-0.2, -0.15) is 10.1 Å². The maximum atomic E-state index is 13.2. The first-order valence-electron chi connectivity index (χ1n) is 9.48. The summed E-state index contributed by atoms with van der Waals surface area (Å²) in [6, 6.07) is 13.0. The molecule has 7 nitrogen and oxygen atoms in total. The number of fused-ring (bicyclic) bond motifs is 1. The fourth-order valence-corrected chi connectivity index (χ4v) is 3.36. The minimum absolute atomic E-state index is 0.163. The van der Waals surface area contributed by atoms with Crippen molar-refractivity contribution in [3.8, 4) is 28.7 Å². The van der Waals surface area contributed by atoms with Crippen LogP contribution in [-0.2, 0) is 17.9 Å². The van der Waals surface area contributed by atoms with Crippen LogP contribution in [0.1, 0.15) is 17.4 Å². The summed E-state index contributed by atoms with van der Waals surface area (Å²) in [5, 5.41) is 8.38. The molecule has 32 heavy (non-hydrogen) atoms. The highest BCUT2D eigenvalue weighted by Gasteiger charge is 2.31. The smallest absolute Gasteiger partial charge is 0.406 e. The highest BCUT2D eigenvalue weighted by Crippen LogP contribution is 2.30. The Bertz CT molecular complexity index is 1230. The zero-order valence-corrected chi connectivity index (χ0v) is 16.2. The molecule has 0 saturated carbocycles. The number of rotatable bonds is 4. The number of nitrogens with zero attached hydrogens (tertiary/aromatic N) is 4. The maximum Gasteiger partial charge on any atom is 0.573 e. The van der Waals surface area contributed by atoms with E-state index in [1.807, 2.05) is 0 Å². The number of alkyl halides is 3. The molecular formula is C21H14F4N4O3. The van der Waals surface area contributed by atoms with Crippen LogP contribution in [0.5, 0.6) is 5.75 Å². The quantitative estimate of drug-likeness (QED) is 0.415. The summed E-state index contributed by atoms with van der Waals surface area (Å²) in [6.07, 6.45) is -5.04. The summed E-state index contributed by atoms with van der Waals surface area (Å²) in [5.74, 6) is -0.301. The highest BCUT2D eigenvalue weighted by atomic mass is 19.4. The van der Waals surface area contributed by atoms with Crippen molar-refractivity contribution in [3.63, 3.8) is 0 Å². The van der Waals surface area contributed by atoms with Crippen molar-refractivity contribution in [2.24, 2.45) is 0 Å². The Labute approximate surface area is 178 Å². The summed E-state index contributed by atoms with van der Waals surface area (Å²) in [4.78, 5) is 4.29. The summed E-state index contributed by atoms with van der Waals surface area (Å²) >= 11 is 0. The van der Waals surface area contributed by atoms with Crippen LogP contribution in [0, 0.1) is 5.82 Å². The SMILES string of the molecule is Fc1ccc([C@@H]2Cn3nc(-c4nc(-c5ccc(OC(F)(F)F)cc5)no4)cc3CO2)cc1. The molecule has 2 aromatic carbocycles. The lowest BCUT2D eigenvalue weighted by molar-refractivity contribution is -0.274. The van der Waals surface area contributed by atoms with E-state index in [4.69, 9.17) is 9.26 Å². The number of aromatic nitrogens is 4. The molecule has 3 heterocycles. The van der Waals surface area contributed by atoms with Crippen molar-refractivity contribution in [1.29, 1.82) is 0 Å². The molecule has 164 valence electrons. The number of hydrogen-bond donors (Lipinski definition) is 0. The Morgan fingerprint density at radius 2 is 1.78 bits per heavy atom. The van der Waals surface area contributed by atoms with Crippen LogP contribution in [0.25, 0.3) is 23.0 Å². The van der Waals surface area contributed by atoms with Crippen molar-refractivity contribution in [3.05, 3.63) is 71.7 Å². The molecule has 11 heteroatoms. The summed E-state index contributed by atoms with van der Waals surface area (Å²) in [5.41, 5.74) is 2.55. The lowest BCUT2D eigenvalue weighted by atomic mass is 10.1. The van der Waals surface area contributed by atoms with Crippen LogP contribution in [-0.4, -0.2) is 26.3 Å². The Balaban J connectivity index is 1.33. The number of hydrogen-bond acceptors (Lipinski definition) is 6. The molecule has 0 spiro atoms. The van der Waals surface area contributed by atoms with E-state index in [0.29, 0.717) is 24.4 Å². The van der Waals surface area contributed by atoms with Gasteiger partial charge in [0.2, 0.25) is 5.82 Å². The second kappa shape index (κ2) is 7.75. The second-order valence-electron chi connectivity index (χ2n) is 7.05. The lowest BCUT2D eigenvalue weighted by Crippen LogP contribution is -2.21. The van der Waals surface area contributed by atoms with Gasteiger partial charge < -0.3 is 14.0 Å². The van der Waals surface area contributed by atoms with Crippen LogP contribution in [0.15, 0.2) is 59.1 Å². The Kier molecular flexibility index (Phi) is 4.89. The summed E-state index contributed by atoms with van der Waals surface area (Å²) in [7, 11) is 0. The van der Waals surface area contributed by atoms with Crippen molar-refractivity contribution in [1.82, 2.24) is 19.9 Å². The average Bonchev–Trinajstić information content (AvgIpc) is 3.40. The predicted molar refractivity (Wildman–Crippen MR) is 102 cm³/mol. The monoisotopic (exact) mass is 446 g/mol. The molecule has 0 saturated heterocycles. The normalized spacial score (nSPS) is 16.1. The first-order chi connectivity index (χ1) is 15.3. The molecule has 0 radical (unpaired) electrons. The fraction of sp³-hybridized carbons (Fsp3) is 0.190. The minimum atomic E-state index is -4.76. The lowest BCUT2D eigenvalue weighted by Gasteiger charge is -2.24. The van der Waals surface area contributed by atoms with E-state index in [2.05, 4.69) is 20.0 Å². The third kappa shape index (κ3) is 4.19. The first-order valence-corrected chi connectivity index (χ1v) is 9.48. The van der Waals surface area contributed by atoms with E-state index in [-0.39, 0.29) is 29.4 Å². The Hall–Kier alpha value is -3.73. The molecule has 1 aliphatic heterocycles. The molecule has 0 fully saturated rings. The molecule has 1 atom stereocenters. The van der Waals surface area contributed by atoms with Gasteiger partial charge in [-0.15, -0.1) is 13.2 Å². The van der Waals surface area contributed by atoms with Crippen LogP contribution in [0.3, 0.4) is 0 Å². The van der Waals surface area contributed by atoms with E-state index in [0.717, 1.165) is 11.3 Å². The zero-order chi connectivity index (χ0) is 22.3. The Morgan fingerprint density at radius 3 is 2.50 bits per heavy atom. The number of halogens is 4. The van der Waals surface area contributed by atoms with Gasteiger partial charge in [0.15, 0.2) is 5.69 Å². The minimum Gasteiger partial charge on any atom is -0.406 e. The van der Waals surface area contributed by atoms with Crippen molar-refractivity contribution < 1.29 is 31.6 Å². The van der Waals surface area contributed by atoms with Gasteiger partial charge in [-0.25, -0.2) is 4.39 Å². The van der Waals surface area contributed by atoms with Crippen LogP contribution < -0.4 is 4.74 Å². The molecule has 0 unspecified atom stereocenters. The highest BCUT2D eigenvalue weighted by molar-refractivity contribution is 5.59. The maximum absolute atomic E-state index is 13.2. The largest absolute Gasteiger partial charge is 0.573 e. The van der Waals surface area contributed by atoms with Crippen LogP contribution in [0.4, 0.5) is 17.6 Å². The van der Waals surface area contributed by atoms with Crippen LogP contribution >= 0.6 is 0 Å². The van der Waals surface area contributed by atoms with Gasteiger partial charge in [0.25, 0.3) is 5.89 Å². The Morgan fingerprint density at radius 1 is 1.03 bits per heavy atom. The zero-order valence-electron chi connectivity index (χ0n) is 16.2. The van der Waals surface area contributed by atoms with Gasteiger partial charge in [0.05, 0.1) is 18.8 Å². The van der Waals surface area contributed by atoms with Gasteiger partial charge in [0.1, 0.15) is 17.7 Å². The third-order valence-electron chi connectivity index (χ3n) is 4.87. The molecule has 0 aliphatic carbocycles. The third-order valence-corrected chi connectivity index (χ3v) is 4.87. The van der Waals surface area contributed by atoms with E-state index >= 15 is 0 Å². The van der Waals surface area contributed by atoms with E-state index in [9.17, 15) is 17.6 Å². The first kappa shape index (κ1) is 20.2. The number of ether oxygens (including phenoxy) is 2. The summed E-state index contributed by atoms with van der Waals surface area (Å²) in [6.45, 7) is 0.735. The molecule has 0 N–H and O–H groups in total. The fourth-order valence-electron chi connectivity index (χ4n) is 3.36. The molecular weight excluding hydrogens is 432 g/mol. The van der Waals surface area contributed by atoms with Gasteiger partial charge in [-0.3, -0.25) is 4.68 Å². The number of benzene rings is 2. The molecule has 2 aromatic heterocycles. The van der Waals surface area contributed by atoms with E-state index in [1.54, 1.807) is 22.9 Å². The topological polar surface area (TPSA) is 75.2 Å².